The second-order valence-electron chi connectivity index (χ2n) is 6.03. The number of hydrogen-bond acceptors (Lipinski definition) is 4. The number of piperazine rings is 1. The van der Waals surface area contributed by atoms with Crippen LogP contribution in [0.2, 0.25) is 5.02 Å². The van der Waals surface area contributed by atoms with Crippen molar-refractivity contribution in [1.82, 2.24) is 15.5 Å². The molecule has 0 saturated carbocycles. The average molecular weight is 370 g/mol. The number of halogens is 1. The van der Waals surface area contributed by atoms with Gasteiger partial charge in [0.15, 0.2) is 0 Å². The summed E-state index contributed by atoms with van der Waals surface area (Å²) in [5.41, 5.74) is 2.55. The van der Waals surface area contributed by atoms with Crippen molar-refractivity contribution in [3.8, 4) is 0 Å². The molecule has 1 aliphatic heterocycles. The lowest BCUT2D eigenvalue weighted by Crippen LogP contribution is -2.47. The molecule has 0 unspecified atom stereocenters. The summed E-state index contributed by atoms with van der Waals surface area (Å²) >= 11 is 6.38. The summed E-state index contributed by atoms with van der Waals surface area (Å²) < 4.78 is 0. The van der Waals surface area contributed by atoms with Crippen LogP contribution in [0.25, 0.3) is 10.9 Å². The zero-order chi connectivity index (χ0) is 18.1. The van der Waals surface area contributed by atoms with Crippen molar-refractivity contribution < 1.29 is 9.59 Å². The number of anilines is 2. The van der Waals surface area contributed by atoms with Gasteiger partial charge in [-0.05, 0) is 24.3 Å². The van der Waals surface area contributed by atoms with Gasteiger partial charge < -0.3 is 15.5 Å². The van der Waals surface area contributed by atoms with E-state index in [0.717, 1.165) is 11.1 Å². The Balaban J connectivity index is 1.55. The number of benzene rings is 2. The normalized spacial score (nSPS) is 14.3. The topological polar surface area (TPSA) is 90.1 Å². The molecule has 0 spiro atoms. The number of carbonyl (C=O) groups is 2. The van der Waals surface area contributed by atoms with Crippen molar-refractivity contribution >= 4 is 45.7 Å². The molecule has 8 heteroatoms. The molecule has 0 radical (unpaired) electrons. The SMILES string of the molecule is O=C1CN(c2ccc(NC(=O)c3cccc4cn[nH]c34)cc2Cl)CCN1. The fourth-order valence-electron chi connectivity index (χ4n) is 3.04. The second kappa shape index (κ2) is 6.68. The van der Waals surface area contributed by atoms with Gasteiger partial charge in [0.25, 0.3) is 5.91 Å². The van der Waals surface area contributed by atoms with Crippen LogP contribution in [0.3, 0.4) is 0 Å². The Morgan fingerprint density at radius 3 is 2.96 bits per heavy atom. The van der Waals surface area contributed by atoms with Gasteiger partial charge in [-0.2, -0.15) is 5.10 Å². The number of amides is 2. The third-order valence-electron chi connectivity index (χ3n) is 4.31. The Morgan fingerprint density at radius 1 is 1.27 bits per heavy atom. The lowest BCUT2D eigenvalue weighted by atomic mass is 10.1. The summed E-state index contributed by atoms with van der Waals surface area (Å²) in [7, 11) is 0. The van der Waals surface area contributed by atoms with E-state index in [0.29, 0.717) is 34.9 Å². The third kappa shape index (κ3) is 3.09. The van der Waals surface area contributed by atoms with Crippen molar-refractivity contribution in [2.45, 2.75) is 0 Å². The lowest BCUT2D eigenvalue weighted by molar-refractivity contribution is -0.120. The Morgan fingerprint density at radius 2 is 2.15 bits per heavy atom. The highest BCUT2D eigenvalue weighted by Crippen LogP contribution is 2.29. The van der Waals surface area contributed by atoms with Gasteiger partial charge in [0.1, 0.15) is 0 Å². The van der Waals surface area contributed by atoms with Crippen LogP contribution in [0.5, 0.6) is 0 Å². The van der Waals surface area contributed by atoms with Crippen molar-refractivity contribution in [2.24, 2.45) is 0 Å². The van der Waals surface area contributed by atoms with E-state index in [-0.39, 0.29) is 18.4 Å². The van der Waals surface area contributed by atoms with Crippen LogP contribution < -0.4 is 15.5 Å². The van der Waals surface area contributed by atoms with Gasteiger partial charge in [0.2, 0.25) is 5.91 Å². The van der Waals surface area contributed by atoms with E-state index >= 15 is 0 Å². The molecular weight excluding hydrogens is 354 g/mol. The fraction of sp³-hybridized carbons (Fsp3) is 0.167. The molecule has 132 valence electrons. The Labute approximate surface area is 154 Å². The summed E-state index contributed by atoms with van der Waals surface area (Å²) in [5.74, 6) is -0.279. The number of carbonyl (C=O) groups excluding carboxylic acids is 2. The van der Waals surface area contributed by atoms with Crippen LogP contribution in [0, 0.1) is 0 Å². The summed E-state index contributed by atoms with van der Waals surface area (Å²) in [4.78, 5) is 26.1. The number of rotatable bonds is 3. The van der Waals surface area contributed by atoms with E-state index in [2.05, 4.69) is 20.8 Å². The van der Waals surface area contributed by atoms with Crippen LogP contribution in [-0.4, -0.2) is 41.6 Å². The highest BCUT2D eigenvalue weighted by Gasteiger charge is 2.19. The minimum atomic E-state index is -0.249. The average Bonchev–Trinajstić information content (AvgIpc) is 3.10. The minimum Gasteiger partial charge on any atom is -0.359 e. The number of H-pyrrole nitrogens is 1. The number of aromatic amines is 1. The van der Waals surface area contributed by atoms with Gasteiger partial charge in [0, 0.05) is 24.2 Å². The molecule has 2 amide bonds. The smallest absolute Gasteiger partial charge is 0.257 e. The zero-order valence-corrected chi connectivity index (χ0v) is 14.5. The molecule has 1 aromatic heterocycles. The quantitative estimate of drug-likeness (QED) is 0.661. The zero-order valence-electron chi connectivity index (χ0n) is 13.8. The van der Waals surface area contributed by atoms with Gasteiger partial charge >= 0.3 is 0 Å². The Hall–Kier alpha value is -3.06. The third-order valence-corrected chi connectivity index (χ3v) is 4.61. The van der Waals surface area contributed by atoms with Crippen LogP contribution in [0.15, 0.2) is 42.6 Å². The summed E-state index contributed by atoms with van der Waals surface area (Å²) in [5, 5.41) is 13.8. The van der Waals surface area contributed by atoms with E-state index in [1.807, 2.05) is 23.1 Å². The Kier molecular flexibility index (Phi) is 4.22. The fourth-order valence-corrected chi connectivity index (χ4v) is 3.34. The monoisotopic (exact) mass is 369 g/mol. The molecular formula is C18H16ClN5O2. The van der Waals surface area contributed by atoms with Crippen LogP contribution >= 0.6 is 11.6 Å². The highest BCUT2D eigenvalue weighted by atomic mass is 35.5. The Bertz CT molecular complexity index is 1000. The maximum atomic E-state index is 12.6. The minimum absolute atomic E-state index is 0.0302. The van der Waals surface area contributed by atoms with Crippen LogP contribution in [-0.2, 0) is 4.79 Å². The molecule has 0 atom stereocenters. The number of para-hydroxylation sites is 1. The first-order valence-corrected chi connectivity index (χ1v) is 8.54. The number of fused-ring (bicyclic) bond motifs is 1. The molecule has 2 heterocycles. The van der Waals surface area contributed by atoms with Gasteiger partial charge in [-0.25, -0.2) is 0 Å². The first-order valence-electron chi connectivity index (χ1n) is 8.16. The van der Waals surface area contributed by atoms with E-state index in [1.54, 1.807) is 24.4 Å². The largest absolute Gasteiger partial charge is 0.359 e. The molecule has 1 fully saturated rings. The first kappa shape index (κ1) is 16.4. The van der Waals surface area contributed by atoms with Crippen molar-refractivity contribution in [1.29, 1.82) is 0 Å². The molecule has 3 N–H and O–H groups in total. The van der Waals surface area contributed by atoms with Crippen molar-refractivity contribution in [2.75, 3.05) is 29.9 Å². The number of nitrogens with one attached hydrogen (secondary N) is 3. The second-order valence-corrected chi connectivity index (χ2v) is 6.44. The first-order chi connectivity index (χ1) is 12.6. The van der Waals surface area contributed by atoms with Crippen molar-refractivity contribution in [3.63, 3.8) is 0 Å². The van der Waals surface area contributed by atoms with E-state index < -0.39 is 0 Å². The summed E-state index contributed by atoms with van der Waals surface area (Å²) in [6.45, 7) is 1.55. The summed E-state index contributed by atoms with van der Waals surface area (Å²) in [6, 6.07) is 10.7. The van der Waals surface area contributed by atoms with Gasteiger partial charge in [-0.15, -0.1) is 0 Å². The number of aromatic nitrogens is 2. The maximum Gasteiger partial charge on any atom is 0.257 e. The molecule has 1 saturated heterocycles. The van der Waals surface area contributed by atoms with Crippen molar-refractivity contribution in [3.05, 3.63) is 53.2 Å². The van der Waals surface area contributed by atoms with Gasteiger partial charge in [-0.3, -0.25) is 14.7 Å². The predicted molar refractivity (Wildman–Crippen MR) is 101 cm³/mol. The highest BCUT2D eigenvalue weighted by molar-refractivity contribution is 6.33. The van der Waals surface area contributed by atoms with Gasteiger partial charge in [-0.1, -0.05) is 23.7 Å². The molecule has 0 aliphatic carbocycles. The van der Waals surface area contributed by atoms with E-state index in [4.69, 9.17) is 11.6 Å². The number of hydrogen-bond donors (Lipinski definition) is 3. The maximum absolute atomic E-state index is 12.6. The molecule has 4 rings (SSSR count). The van der Waals surface area contributed by atoms with Crippen LogP contribution in [0.4, 0.5) is 11.4 Å². The van der Waals surface area contributed by atoms with Gasteiger partial charge in [0.05, 0.1) is 34.5 Å². The molecule has 7 nitrogen and oxygen atoms in total. The lowest BCUT2D eigenvalue weighted by Gasteiger charge is -2.29. The predicted octanol–water partition coefficient (Wildman–Crippen LogP) is 2.40. The number of nitrogens with zero attached hydrogens (tertiary/aromatic N) is 2. The summed E-state index contributed by atoms with van der Waals surface area (Å²) in [6.07, 6.45) is 1.67. The molecule has 26 heavy (non-hydrogen) atoms. The van der Waals surface area contributed by atoms with E-state index in [1.165, 1.54) is 0 Å². The molecule has 1 aliphatic rings. The molecule has 2 aromatic carbocycles. The molecule has 0 bridgehead atoms. The molecule has 3 aromatic rings. The van der Waals surface area contributed by atoms with E-state index in [9.17, 15) is 9.59 Å². The van der Waals surface area contributed by atoms with Crippen LogP contribution in [0.1, 0.15) is 10.4 Å². The standard InChI is InChI=1S/C18H16ClN5O2/c19-14-8-12(4-5-15(14)24-7-6-20-16(25)10-24)22-18(26)13-3-1-2-11-9-21-23-17(11)13/h1-5,8-9H,6-7,10H2,(H,20,25)(H,21,23)(H,22,26).